The van der Waals surface area contributed by atoms with Crippen LogP contribution in [0.5, 0.6) is 0 Å². The van der Waals surface area contributed by atoms with E-state index in [1.807, 2.05) is 0 Å². The summed E-state index contributed by atoms with van der Waals surface area (Å²) >= 11 is 0. The Balaban J connectivity index is 0.000000810. The molecule has 10 heavy (non-hydrogen) atoms. The molecule has 0 amide bonds. The molecule has 0 spiro atoms. The van der Waals surface area contributed by atoms with Gasteiger partial charge in [0.15, 0.2) is 0 Å². The average molecular weight is 212 g/mol. The Labute approximate surface area is 82.5 Å². The van der Waals surface area contributed by atoms with Crippen LogP contribution < -0.4 is 0 Å². The van der Waals surface area contributed by atoms with Gasteiger partial charge >= 0.3 is 0 Å². The first-order valence-corrected chi connectivity index (χ1v) is 3.38. The van der Waals surface area contributed by atoms with Crippen LogP contribution in [-0.4, -0.2) is 0 Å². The zero-order valence-corrected chi connectivity index (χ0v) is 9.32. The van der Waals surface area contributed by atoms with Crippen molar-refractivity contribution in [3.63, 3.8) is 0 Å². The minimum Gasteiger partial charge on any atom is -0.269 e. The molecule has 0 bridgehead atoms. The van der Waals surface area contributed by atoms with E-state index < -0.39 is 0 Å². The van der Waals surface area contributed by atoms with Crippen molar-refractivity contribution < 1.29 is 26.2 Å². The Morgan fingerprint density at radius 1 is 1.40 bits per heavy atom. The van der Waals surface area contributed by atoms with Gasteiger partial charge in [-0.25, -0.2) is 11.6 Å². The quantitative estimate of drug-likeness (QED) is 0.542. The predicted octanol–water partition coefficient (Wildman–Crippen LogP) is 2.72. The van der Waals surface area contributed by atoms with Crippen LogP contribution in [-0.2, 0) is 26.2 Å². The fraction of sp³-hybridized carbons (Fsp3) is 0.556. The van der Waals surface area contributed by atoms with Crippen LogP contribution in [0.15, 0.2) is 17.7 Å². The third kappa shape index (κ3) is 2.54. The van der Waals surface area contributed by atoms with Crippen molar-refractivity contribution in [2.45, 2.75) is 27.2 Å². The largest absolute Gasteiger partial charge is 0.269 e. The van der Waals surface area contributed by atoms with Gasteiger partial charge in [0.05, 0.1) is 0 Å². The molecular weight excluding hydrogens is 199 g/mol. The summed E-state index contributed by atoms with van der Waals surface area (Å²) in [7, 11) is 0. The van der Waals surface area contributed by atoms with Gasteiger partial charge < -0.3 is 0 Å². The molecule has 0 aromatic heterocycles. The SMILES string of the molecule is CC(C)(C)C1=[C-]CC=C1.[Zr]. The van der Waals surface area contributed by atoms with Gasteiger partial charge in [-0.15, -0.1) is 6.42 Å². The first-order chi connectivity index (χ1) is 4.11. The summed E-state index contributed by atoms with van der Waals surface area (Å²) in [6.45, 7) is 6.64. The number of hydrogen-bond donors (Lipinski definition) is 0. The Kier molecular flexibility index (Phi) is 3.80. The molecule has 1 aliphatic carbocycles. The smallest absolute Gasteiger partial charge is 0 e. The third-order valence-electron chi connectivity index (χ3n) is 1.50. The molecule has 0 aromatic rings. The van der Waals surface area contributed by atoms with Crippen molar-refractivity contribution in [2.75, 3.05) is 0 Å². The van der Waals surface area contributed by atoms with Gasteiger partial charge in [-0.05, 0) is 5.41 Å². The molecule has 0 saturated heterocycles. The molecule has 1 heteroatoms. The van der Waals surface area contributed by atoms with Crippen LogP contribution in [0.4, 0.5) is 0 Å². The molecule has 0 atom stereocenters. The van der Waals surface area contributed by atoms with Crippen molar-refractivity contribution in [2.24, 2.45) is 5.41 Å². The average Bonchev–Trinajstić information content (AvgIpc) is 2.08. The summed E-state index contributed by atoms with van der Waals surface area (Å²) in [4.78, 5) is 0. The molecule has 0 unspecified atom stereocenters. The van der Waals surface area contributed by atoms with Gasteiger partial charge in [-0.3, -0.25) is 6.08 Å². The molecule has 0 saturated carbocycles. The van der Waals surface area contributed by atoms with Crippen molar-refractivity contribution >= 4 is 0 Å². The van der Waals surface area contributed by atoms with Gasteiger partial charge in [-0.2, -0.15) is 6.08 Å². The van der Waals surface area contributed by atoms with Crippen molar-refractivity contribution in [1.82, 2.24) is 0 Å². The molecule has 1 rings (SSSR count). The van der Waals surface area contributed by atoms with Gasteiger partial charge in [0.1, 0.15) is 0 Å². The van der Waals surface area contributed by atoms with Gasteiger partial charge in [0, 0.05) is 26.2 Å². The molecule has 0 N–H and O–H groups in total. The van der Waals surface area contributed by atoms with Gasteiger partial charge in [-0.1, -0.05) is 20.8 Å². The van der Waals surface area contributed by atoms with Crippen LogP contribution >= 0.6 is 0 Å². The Bertz CT molecular complexity index is 158. The van der Waals surface area contributed by atoms with Crippen LogP contribution in [0.1, 0.15) is 27.2 Å². The minimum absolute atomic E-state index is 0. The van der Waals surface area contributed by atoms with E-state index in [4.69, 9.17) is 0 Å². The normalized spacial score (nSPS) is 16.5. The molecule has 0 aliphatic heterocycles. The monoisotopic (exact) mass is 211 g/mol. The Morgan fingerprint density at radius 3 is 2.20 bits per heavy atom. The van der Waals surface area contributed by atoms with Gasteiger partial charge in [0.25, 0.3) is 0 Å². The Hall–Kier alpha value is 0.363. The first kappa shape index (κ1) is 10.4. The molecule has 1 aliphatic rings. The van der Waals surface area contributed by atoms with E-state index in [0.29, 0.717) is 5.41 Å². The van der Waals surface area contributed by atoms with Crippen molar-refractivity contribution in [3.8, 4) is 0 Å². The minimum atomic E-state index is 0. The zero-order chi connectivity index (χ0) is 6.91. The third-order valence-corrected chi connectivity index (χ3v) is 1.50. The maximum absolute atomic E-state index is 3.30. The van der Waals surface area contributed by atoms with E-state index in [-0.39, 0.29) is 26.2 Å². The second kappa shape index (κ2) is 3.67. The number of rotatable bonds is 0. The second-order valence-electron chi connectivity index (χ2n) is 3.45. The predicted molar refractivity (Wildman–Crippen MR) is 40.0 cm³/mol. The second-order valence-corrected chi connectivity index (χ2v) is 3.45. The Morgan fingerprint density at radius 2 is 2.00 bits per heavy atom. The maximum atomic E-state index is 3.30. The van der Waals surface area contributed by atoms with E-state index in [1.54, 1.807) is 0 Å². The van der Waals surface area contributed by atoms with E-state index in [9.17, 15) is 0 Å². The van der Waals surface area contributed by atoms with Crippen molar-refractivity contribution in [1.29, 1.82) is 0 Å². The zero-order valence-electron chi connectivity index (χ0n) is 6.86. The van der Waals surface area contributed by atoms with Crippen LogP contribution in [0.25, 0.3) is 0 Å². The fourth-order valence-corrected chi connectivity index (χ4v) is 0.920. The molecule has 54 valence electrons. The fourth-order valence-electron chi connectivity index (χ4n) is 0.920. The standard InChI is InChI=1S/C9H13.Zr/c1-9(2,3)8-6-4-5-7-8;/h4,6H,5H2,1-3H3;/q-1;. The van der Waals surface area contributed by atoms with E-state index in [2.05, 4.69) is 39.0 Å². The van der Waals surface area contributed by atoms with Gasteiger partial charge in [0.2, 0.25) is 0 Å². The summed E-state index contributed by atoms with van der Waals surface area (Å²) in [5.74, 6) is 0. The number of allylic oxidation sites excluding steroid dienone is 4. The molecule has 0 aromatic carbocycles. The summed E-state index contributed by atoms with van der Waals surface area (Å²) in [6.07, 6.45) is 8.63. The number of hydrogen-bond acceptors (Lipinski definition) is 0. The van der Waals surface area contributed by atoms with Crippen LogP contribution in [0.2, 0.25) is 0 Å². The molecule has 0 fully saturated rings. The first-order valence-electron chi connectivity index (χ1n) is 3.38. The van der Waals surface area contributed by atoms with E-state index in [1.165, 1.54) is 5.57 Å². The van der Waals surface area contributed by atoms with E-state index in [0.717, 1.165) is 6.42 Å². The van der Waals surface area contributed by atoms with Crippen LogP contribution in [0.3, 0.4) is 0 Å². The van der Waals surface area contributed by atoms with Crippen molar-refractivity contribution in [3.05, 3.63) is 23.8 Å². The summed E-state index contributed by atoms with van der Waals surface area (Å²) in [5.41, 5.74) is 1.65. The summed E-state index contributed by atoms with van der Waals surface area (Å²) < 4.78 is 0. The topological polar surface area (TPSA) is 0 Å². The molecule has 0 radical (unpaired) electrons. The maximum Gasteiger partial charge on any atom is 0 e. The molecule has 0 nitrogen and oxygen atoms in total. The molecule has 0 heterocycles. The van der Waals surface area contributed by atoms with E-state index >= 15 is 0 Å². The summed E-state index contributed by atoms with van der Waals surface area (Å²) in [6, 6.07) is 0. The van der Waals surface area contributed by atoms with Crippen LogP contribution in [0, 0.1) is 11.5 Å². The molecular formula is C9H13Zr-. The summed E-state index contributed by atoms with van der Waals surface area (Å²) in [5, 5.41) is 0.